The van der Waals surface area contributed by atoms with Crippen molar-refractivity contribution in [2.24, 2.45) is 5.41 Å². The molecule has 52 heavy (non-hydrogen) atoms. The second-order valence-electron chi connectivity index (χ2n) is 14.5. The molecule has 4 N–H and O–H groups in total. The van der Waals surface area contributed by atoms with Gasteiger partial charge in [0, 0.05) is 51.9 Å². The summed E-state index contributed by atoms with van der Waals surface area (Å²) in [6.45, 7) is 13.0. The number of nitrogens with one attached hydrogen (secondary N) is 2. The summed E-state index contributed by atoms with van der Waals surface area (Å²) in [7, 11) is 0. The number of aliphatic hydroxyl groups excluding tert-OH is 1. The number of ether oxygens (including phenoxy) is 1. The molecule has 0 bridgehead atoms. The van der Waals surface area contributed by atoms with Gasteiger partial charge >= 0.3 is 5.97 Å². The Morgan fingerprint density at radius 1 is 1.02 bits per heavy atom. The standard InChI is InChI=1S/C37H49N7O7S/c1-23(25-6-8-26(9-7-25)32-24(2)39-22-52-32)40-34(47)29-18-28(45)20-44(29)35(48)33(37(3,4)5)41-31(46)21-51-17-16-42-12-14-43(15-13-42)30-11-10-27(19-38-30)36(49)50/h6-11,19,22-23,28-29,33,45H,12-18,20-21H2,1-5H3,(H,40,47)(H,41,46)(H,49,50)/t23-,28+,29?,33+/m0/s1. The summed E-state index contributed by atoms with van der Waals surface area (Å²) < 4.78 is 5.69. The Bertz CT molecular complexity index is 1700. The van der Waals surface area contributed by atoms with Gasteiger partial charge in [-0.15, -0.1) is 11.3 Å². The number of β-amino-alcohol motifs (C(OH)–C–C–N with tert-alkyl or cyclic N) is 1. The van der Waals surface area contributed by atoms with Crippen molar-refractivity contribution < 1.29 is 34.1 Å². The van der Waals surface area contributed by atoms with Gasteiger partial charge in [-0.3, -0.25) is 19.3 Å². The zero-order valence-corrected chi connectivity index (χ0v) is 31.2. The Hall–Kier alpha value is -4.44. The maximum Gasteiger partial charge on any atom is 0.337 e. The van der Waals surface area contributed by atoms with Gasteiger partial charge in [0.05, 0.1) is 40.4 Å². The van der Waals surface area contributed by atoms with Crippen molar-refractivity contribution >= 4 is 40.8 Å². The lowest BCUT2D eigenvalue weighted by atomic mass is 9.85. The lowest BCUT2D eigenvalue weighted by Crippen LogP contribution is -2.58. The van der Waals surface area contributed by atoms with E-state index >= 15 is 0 Å². The number of hydrogen-bond donors (Lipinski definition) is 4. The molecule has 3 amide bonds. The number of nitrogens with zero attached hydrogens (tertiary/aromatic N) is 5. The molecule has 5 rings (SSSR count). The van der Waals surface area contributed by atoms with Crippen LogP contribution in [-0.2, 0) is 19.1 Å². The van der Waals surface area contributed by atoms with E-state index < -0.39 is 41.4 Å². The van der Waals surface area contributed by atoms with Crippen LogP contribution in [-0.4, -0.2) is 124 Å². The number of benzene rings is 1. The van der Waals surface area contributed by atoms with Crippen LogP contribution in [0.1, 0.15) is 61.8 Å². The van der Waals surface area contributed by atoms with Gasteiger partial charge in [-0.05, 0) is 42.5 Å². The normalized spacial score (nSPS) is 19.3. The molecule has 4 atom stereocenters. The number of aromatic carboxylic acids is 1. The van der Waals surface area contributed by atoms with E-state index in [1.807, 2.05) is 64.4 Å². The number of carbonyl (C=O) groups is 4. The number of piperazine rings is 1. The predicted octanol–water partition coefficient (Wildman–Crippen LogP) is 2.72. The molecule has 3 aromatic rings. The fraction of sp³-hybridized carbons (Fsp3) is 0.514. The zero-order chi connectivity index (χ0) is 37.6. The number of aryl methyl sites for hydroxylation is 1. The van der Waals surface area contributed by atoms with Gasteiger partial charge in [-0.25, -0.2) is 14.8 Å². The lowest BCUT2D eigenvalue weighted by molar-refractivity contribution is -0.144. The number of anilines is 1. The van der Waals surface area contributed by atoms with E-state index in [-0.39, 0.29) is 37.1 Å². The Morgan fingerprint density at radius 3 is 2.33 bits per heavy atom. The highest BCUT2D eigenvalue weighted by atomic mass is 32.1. The summed E-state index contributed by atoms with van der Waals surface area (Å²) in [5.74, 6) is -1.52. The number of likely N-dealkylation sites (tertiary alicyclic amines) is 1. The van der Waals surface area contributed by atoms with E-state index in [4.69, 9.17) is 9.84 Å². The molecule has 1 unspecified atom stereocenters. The number of amides is 3. The lowest BCUT2D eigenvalue weighted by Gasteiger charge is -2.36. The van der Waals surface area contributed by atoms with Gasteiger partial charge in [0.2, 0.25) is 17.7 Å². The number of rotatable bonds is 13. The van der Waals surface area contributed by atoms with Crippen LogP contribution in [0.15, 0.2) is 48.1 Å². The van der Waals surface area contributed by atoms with Crippen molar-refractivity contribution in [3.63, 3.8) is 0 Å². The molecule has 15 heteroatoms. The van der Waals surface area contributed by atoms with Gasteiger partial charge in [0.25, 0.3) is 0 Å². The number of thiazole rings is 1. The van der Waals surface area contributed by atoms with Crippen LogP contribution in [0, 0.1) is 12.3 Å². The summed E-state index contributed by atoms with van der Waals surface area (Å²) >= 11 is 1.57. The second-order valence-corrected chi connectivity index (χ2v) is 15.3. The van der Waals surface area contributed by atoms with Crippen LogP contribution in [0.5, 0.6) is 0 Å². The molecule has 4 heterocycles. The monoisotopic (exact) mass is 735 g/mol. The first-order chi connectivity index (χ1) is 24.7. The highest BCUT2D eigenvalue weighted by Gasteiger charge is 2.44. The van der Waals surface area contributed by atoms with E-state index in [2.05, 4.69) is 30.4 Å². The molecule has 2 aromatic heterocycles. The SMILES string of the molecule is Cc1ncsc1-c1ccc([C@H](C)NC(=O)C2C[C@@H](O)CN2C(=O)[C@@H](NC(=O)COCCN2CCN(c3ccc(C(=O)O)cn3)CC2)C(C)(C)C)cc1. The van der Waals surface area contributed by atoms with Gasteiger partial charge in [0.15, 0.2) is 0 Å². The minimum absolute atomic E-state index is 0.00980. The largest absolute Gasteiger partial charge is 0.478 e. The number of hydrogen-bond acceptors (Lipinski definition) is 11. The summed E-state index contributed by atoms with van der Waals surface area (Å²) in [5.41, 5.74) is 4.19. The first-order valence-electron chi connectivity index (χ1n) is 17.5. The van der Waals surface area contributed by atoms with Crippen molar-refractivity contribution in [3.8, 4) is 10.4 Å². The van der Waals surface area contributed by atoms with Crippen molar-refractivity contribution in [3.05, 3.63) is 64.9 Å². The highest BCUT2D eigenvalue weighted by molar-refractivity contribution is 7.13. The summed E-state index contributed by atoms with van der Waals surface area (Å²) in [6, 6.07) is 9.01. The third-order valence-corrected chi connectivity index (χ3v) is 10.5. The maximum atomic E-state index is 14.0. The van der Waals surface area contributed by atoms with Crippen molar-refractivity contribution in [2.45, 2.75) is 65.3 Å². The van der Waals surface area contributed by atoms with Gasteiger partial charge < -0.3 is 35.4 Å². The number of carbonyl (C=O) groups excluding carboxylic acids is 3. The number of aliphatic hydroxyl groups is 1. The third-order valence-electron chi connectivity index (χ3n) is 9.54. The minimum atomic E-state index is -1.01. The Kier molecular flexibility index (Phi) is 12.6. The van der Waals surface area contributed by atoms with Gasteiger partial charge in [-0.1, -0.05) is 45.0 Å². The van der Waals surface area contributed by atoms with E-state index in [1.54, 1.807) is 23.5 Å². The van der Waals surface area contributed by atoms with Crippen LogP contribution in [0.25, 0.3) is 10.4 Å². The Balaban J connectivity index is 1.09. The van der Waals surface area contributed by atoms with Crippen LogP contribution in [0.4, 0.5) is 5.82 Å². The molecular formula is C37H49N7O7S. The van der Waals surface area contributed by atoms with E-state index in [0.29, 0.717) is 13.2 Å². The molecular weight excluding hydrogens is 687 g/mol. The molecule has 2 aliphatic rings. The van der Waals surface area contributed by atoms with Crippen LogP contribution in [0.3, 0.4) is 0 Å². The molecule has 280 valence electrons. The van der Waals surface area contributed by atoms with E-state index in [9.17, 15) is 24.3 Å². The Labute approximate surface area is 308 Å². The minimum Gasteiger partial charge on any atom is -0.478 e. The Morgan fingerprint density at radius 2 is 1.73 bits per heavy atom. The van der Waals surface area contributed by atoms with Gasteiger partial charge in [-0.2, -0.15) is 0 Å². The smallest absolute Gasteiger partial charge is 0.337 e. The summed E-state index contributed by atoms with van der Waals surface area (Å²) in [5, 5.41) is 25.5. The molecule has 0 aliphatic carbocycles. The average molecular weight is 736 g/mol. The molecule has 0 saturated carbocycles. The van der Waals surface area contributed by atoms with Crippen molar-refractivity contribution in [1.82, 2.24) is 30.4 Å². The number of carboxylic acids is 1. The van der Waals surface area contributed by atoms with Gasteiger partial charge in [0.1, 0.15) is 24.5 Å². The number of pyridine rings is 1. The molecule has 2 aliphatic heterocycles. The number of carboxylic acid groups (broad SMARTS) is 1. The fourth-order valence-corrected chi connectivity index (χ4v) is 7.29. The molecule has 2 saturated heterocycles. The van der Waals surface area contributed by atoms with Crippen LogP contribution >= 0.6 is 11.3 Å². The second kappa shape index (κ2) is 16.9. The first kappa shape index (κ1) is 38.8. The van der Waals surface area contributed by atoms with E-state index in [1.165, 1.54) is 11.1 Å². The predicted molar refractivity (Wildman–Crippen MR) is 197 cm³/mol. The maximum absolute atomic E-state index is 14.0. The highest BCUT2D eigenvalue weighted by Crippen LogP contribution is 2.29. The zero-order valence-electron chi connectivity index (χ0n) is 30.4. The number of aromatic nitrogens is 2. The summed E-state index contributed by atoms with van der Waals surface area (Å²) in [6.07, 6.45) is 0.592. The molecule has 14 nitrogen and oxygen atoms in total. The van der Waals surface area contributed by atoms with Crippen LogP contribution in [0.2, 0.25) is 0 Å². The fourth-order valence-electron chi connectivity index (χ4n) is 6.48. The van der Waals surface area contributed by atoms with E-state index in [0.717, 1.165) is 53.7 Å². The van der Waals surface area contributed by atoms with Crippen LogP contribution < -0.4 is 15.5 Å². The molecule has 0 spiro atoms. The van der Waals surface area contributed by atoms with Crippen molar-refractivity contribution in [1.29, 1.82) is 0 Å². The molecule has 1 aromatic carbocycles. The summed E-state index contributed by atoms with van der Waals surface area (Å²) in [4.78, 5) is 67.0. The van der Waals surface area contributed by atoms with Crippen molar-refractivity contribution in [2.75, 3.05) is 57.4 Å². The average Bonchev–Trinajstić information content (AvgIpc) is 3.73. The molecule has 0 radical (unpaired) electrons. The third kappa shape index (κ3) is 9.70. The molecule has 2 fully saturated rings. The topological polar surface area (TPSA) is 178 Å². The first-order valence-corrected chi connectivity index (χ1v) is 18.4. The quantitative estimate of drug-likeness (QED) is 0.190.